The van der Waals surface area contributed by atoms with Gasteiger partial charge in [-0.3, -0.25) is 4.21 Å². The van der Waals surface area contributed by atoms with Gasteiger partial charge < -0.3 is 5.73 Å². The van der Waals surface area contributed by atoms with Crippen molar-refractivity contribution < 1.29 is 8.60 Å². The molecule has 0 radical (unpaired) electrons. The summed E-state index contributed by atoms with van der Waals surface area (Å²) in [6.45, 7) is 4.16. The van der Waals surface area contributed by atoms with Gasteiger partial charge >= 0.3 is 0 Å². The fourth-order valence-electron chi connectivity index (χ4n) is 1.33. The summed E-state index contributed by atoms with van der Waals surface area (Å²) < 4.78 is 25.1. The van der Waals surface area contributed by atoms with E-state index in [4.69, 9.17) is 5.73 Å². The largest absolute Gasteiger partial charge is 0.398 e. The molecule has 1 unspecified atom stereocenters. The Morgan fingerprint density at radius 3 is 2.69 bits per heavy atom. The molecule has 0 bridgehead atoms. The predicted molar refractivity (Wildman–Crippen MR) is 67.0 cm³/mol. The summed E-state index contributed by atoms with van der Waals surface area (Å²) in [4.78, 5) is 0. The molecule has 0 saturated carbocycles. The van der Waals surface area contributed by atoms with E-state index >= 15 is 0 Å². The van der Waals surface area contributed by atoms with Gasteiger partial charge in [0.05, 0.1) is 5.75 Å². The van der Waals surface area contributed by atoms with Gasteiger partial charge in [0.2, 0.25) is 0 Å². The Labute approximate surface area is 98.5 Å². The van der Waals surface area contributed by atoms with Gasteiger partial charge in [0, 0.05) is 27.8 Å². The monoisotopic (exact) mass is 243 g/mol. The normalized spacial score (nSPS) is 13.0. The Morgan fingerprint density at radius 2 is 2.12 bits per heavy atom. The van der Waals surface area contributed by atoms with Crippen molar-refractivity contribution in [2.75, 3.05) is 11.5 Å². The van der Waals surface area contributed by atoms with Crippen molar-refractivity contribution in [2.45, 2.75) is 26.0 Å². The Kier molecular flexibility index (Phi) is 4.93. The average Bonchev–Trinajstić information content (AvgIpc) is 2.21. The summed E-state index contributed by atoms with van der Waals surface area (Å²) in [5, 5.41) is 0. The van der Waals surface area contributed by atoms with E-state index in [0.717, 1.165) is 6.42 Å². The van der Waals surface area contributed by atoms with Gasteiger partial charge in [-0.2, -0.15) is 0 Å². The van der Waals surface area contributed by atoms with E-state index in [0.29, 0.717) is 22.9 Å². The third kappa shape index (κ3) is 3.93. The van der Waals surface area contributed by atoms with Crippen LogP contribution in [0.3, 0.4) is 0 Å². The maximum Gasteiger partial charge on any atom is 0.129 e. The highest BCUT2D eigenvalue weighted by atomic mass is 32.2. The molecule has 1 aromatic rings. The summed E-state index contributed by atoms with van der Waals surface area (Å²) in [5.41, 5.74) is 6.42. The lowest BCUT2D eigenvalue weighted by atomic mass is 10.2. The first-order valence-electron chi connectivity index (χ1n) is 5.38. The van der Waals surface area contributed by atoms with Crippen LogP contribution in [0.1, 0.15) is 25.8 Å². The van der Waals surface area contributed by atoms with Crippen molar-refractivity contribution in [2.24, 2.45) is 5.92 Å². The van der Waals surface area contributed by atoms with Crippen LogP contribution in [0, 0.1) is 11.7 Å². The molecule has 2 nitrogen and oxygen atoms in total. The van der Waals surface area contributed by atoms with Crippen LogP contribution in [0.15, 0.2) is 18.2 Å². The number of halogens is 1. The zero-order valence-corrected chi connectivity index (χ0v) is 10.5. The molecule has 0 amide bonds. The van der Waals surface area contributed by atoms with E-state index in [1.165, 1.54) is 6.07 Å². The van der Waals surface area contributed by atoms with Crippen molar-refractivity contribution in [3.63, 3.8) is 0 Å². The van der Waals surface area contributed by atoms with Gasteiger partial charge in [0.1, 0.15) is 5.82 Å². The maximum absolute atomic E-state index is 13.4. The van der Waals surface area contributed by atoms with Crippen LogP contribution in [-0.2, 0) is 16.6 Å². The molecule has 0 aliphatic rings. The Morgan fingerprint density at radius 1 is 1.44 bits per heavy atom. The predicted octanol–water partition coefficient (Wildman–Crippen LogP) is 2.70. The van der Waals surface area contributed by atoms with Crippen LogP contribution in [-0.4, -0.2) is 9.96 Å². The minimum Gasteiger partial charge on any atom is -0.398 e. The zero-order chi connectivity index (χ0) is 12.1. The first-order valence-corrected chi connectivity index (χ1v) is 6.87. The molecule has 90 valence electrons. The van der Waals surface area contributed by atoms with Crippen molar-refractivity contribution in [1.29, 1.82) is 0 Å². The molecule has 0 fully saturated rings. The summed E-state index contributed by atoms with van der Waals surface area (Å²) in [6.07, 6.45) is 0.890. The highest BCUT2D eigenvalue weighted by Gasteiger charge is 2.10. The van der Waals surface area contributed by atoms with Gasteiger partial charge in [-0.15, -0.1) is 0 Å². The molecule has 0 spiro atoms. The lowest BCUT2D eigenvalue weighted by Crippen LogP contribution is -2.07. The Bertz CT molecular complexity index is 359. The fraction of sp³-hybridized carbons (Fsp3) is 0.500. The quantitative estimate of drug-likeness (QED) is 0.808. The lowest BCUT2D eigenvalue weighted by molar-refractivity contribution is 0.610. The highest BCUT2D eigenvalue weighted by Crippen LogP contribution is 2.18. The molecule has 1 rings (SSSR count). The molecule has 1 atom stereocenters. The van der Waals surface area contributed by atoms with E-state index in [1.54, 1.807) is 12.1 Å². The van der Waals surface area contributed by atoms with Gasteiger partial charge in [0.25, 0.3) is 0 Å². The van der Waals surface area contributed by atoms with Crippen LogP contribution < -0.4 is 5.73 Å². The molecule has 0 aromatic heterocycles. The van der Waals surface area contributed by atoms with E-state index in [-0.39, 0.29) is 11.6 Å². The second-order valence-corrected chi connectivity index (χ2v) is 5.86. The first kappa shape index (κ1) is 13.2. The third-order valence-electron chi connectivity index (χ3n) is 2.38. The number of nitrogens with two attached hydrogens (primary N) is 1. The second kappa shape index (κ2) is 5.99. The van der Waals surface area contributed by atoms with Gasteiger partial charge in [-0.05, 0) is 24.5 Å². The third-order valence-corrected chi connectivity index (χ3v) is 3.68. The lowest BCUT2D eigenvalue weighted by Gasteiger charge is -2.08. The van der Waals surface area contributed by atoms with Crippen LogP contribution >= 0.6 is 0 Å². The first-order chi connectivity index (χ1) is 7.50. The van der Waals surface area contributed by atoms with Crippen molar-refractivity contribution >= 4 is 16.5 Å². The van der Waals surface area contributed by atoms with Crippen molar-refractivity contribution in [1.82, 2.24) is 0 Å². The molecule has 2 N–H and O–H groups in total. The topological polar surface area (TPSA) is 43.1 Å². The Balaban J connectivity index is 2.63. The minimum absolute atomic E-state index is 0.214. The smallest absolute Gasteiger partial charge is 0.129 e. The molecular formula is C12H18FNOS. The highest BCUT2D eigenvalue weighted by molar-refractivity contribution is 7.84. The molecule has 0 heterocycles. The summed E-state index contributed by atoms with van der Waals surface area (Å²) >= 11 is 0. The SMILES string of the molecule is CC(C)CCS(=O)Cc1c(N)cccc1F. The molecule has 16 heavy (non-hydrogen) atoms. The zero-order valence-electron chi connectivity index (χ0n) is 9.70. The number of hydrogen-bond donors (Lipinski definition) is 1. The number of hydrogen-bond acceptors (Lipinski definition) is 2. The van der Waals surface area contributed by atoms with E-state index in [1.807, 2.05) is 0 Å². The van der Waals surface area contributed by atoms with E-state index < -0.39 is 10.8 Å². The molecule has 4 heteroatoms. The van der Waals surface area contributed by atoms with Crippen LogP contribution in [0.4, 0.5) is 10.1 Å². The van der Waals surface area contributed by atoms with Gasteiger partial charge in [-0.25, -0.2) is 4.39 Å². The number of anilines is 1. The molecule has 0 aliphatic heterocycles. The number of benzene rings is 1. The van der Waals surface area contributed by atoms with Crippen molar-refractivity contribution in [3.8, 4) is 0 Å². The second-order valence-electron chi connectivity index (χ2n) is 4.28. The van der Waals surface area contributed by atoms with Gasteiger partial charge in [0.15, 0.2) is 0 Å². The Hall–Kier alpha value is -0.900. The summed E-state index contributed by atoms with van der Waals surface area (Å²) in [7, 11) is -1.03. The summed E-state index contributed by atoms with van der Waals surface area (Å²) in [5.74, 6) is 0.969. The minimum atomic E-state index is -1.03. The van der Waals surface area contributed by atoms with E-state index in [2.05, 4.69) is 13.8 Å². The summed E-state index contributed by atoms with van der Waals surface area (Å²) in [6, 6.07) is 4.55. The molecule has 0 saturated heterocycles. The number of nitrogen functional groups attached to an aromatic ring is 1. The molecule has 1 aromatic carbocycles. The van der Waals surface area contributed by atoms with Crippen LogP contribution in [0.25, 0.3) is 0 Å². The van der Waals surface area contributed by atoms with E-state index in [9.17, 15) is 8.60 Å². The van der Waals surface area contributed by atoms with Crippen molar-refractivity contribution in [3.05, 3.63) is 29.6 Å². The van der Waals surface area contributed by atoms with Gasteiger partial charge in [-0.1, -0.05) is 19.9 Å². The van der Waals surface area contributed by atoms with Crippen LogP contribution in [0.5, 0.6) is 0 Å². The van der Waals surface area contributed by atoms with Crippen LogP contribution in [0.2, 0.25) is 0 Å². The standard InChI is InChI=1S/C12H18FNOS/c1-9(2)6-7-16(15)8-10-11(13)4-3-5-12(10)14/h3-5,9H,6-8,14H2,1-2H3. The maximum atomic E-state index is 13.4. The molecule has 0 aliphatic carbocycles. The average molecular weight is 243 g/mol. The fourth-order valence-corrected chi connectivity index (χ4v) is 2.83. The number of rotatable bonds is 5. The molecular weight excluding hydrogens is 225 g/mol.